The Kier molecular flexibility index (Phi) is 6.91. The van der Waals surface area contributed by atoms with Crippen LogP contribution in [0, 0.1) is 0 Å². The largest absolute Gasteiger partial charge is 0.383 e. The van der Waals surface area contributed by atoms with E-state index in [1.54, 1.807) is 14.0 Å². The molecule has 3 unspecified atom stereocenters. The van der Waals surface area contributed by atoms with E-state index in [0.717, 1.165) is 19.3 Å². The van der Waals surface area contributed by atoms with Crippen LogP contribution in [-0.4, -0.2) is 58.2 Å². The molecule has 0 aromatic rings. The maximum atomic E-state index is 11.8. The van der Waals surface area contributed by atoms with Crippen molar-refractivity contribution >= 4 is 15.7 Å². The summed E-state index contributed by atoms with van der Waals surface area (Å²) in [7, 11) is -1.40. The molecule has 20 heavy (non-hydrogen) atoms. The van der Waals surface area contributed by atoms with Gasteiger partial charge in [0.05, 0.1) is 17.9 Å². The normalized spacial score (nSPS) is 25.1. The van der Waals surface area contributed by atoms with E-state index < -0.39 is 9.84 Å². The summed E-state index contributed by atoms with van der Waals surface area (Å²) in [5, 5.41) is 5.72. The van der Waals surface area contributed by atoms with E-state index >= 15 is 0 Å². The molecule has 0 heterocycles. The number of carbonyl (C=O) groups is 1. The Hall–Kier alpha value is -0.660. The van der Waals surface area contributed by atoms with Crippen molar-refractivity contribution < 1.29 is 17.9 Å². The number of nitrogens with one attached hydrogen (secondary N) is 2. The average Bonchev–Trinajstić information content (AvgIpc) is 2.38. The van der Waals surface area contributed by atoms with Crippen LogP contribution in [0.15, 0.2) is 0 Å². The highest BCUT2D eigenvalue weighted by Gasteiger charge is 2.30. The third-order valence-corrected chi connectivity index (χ3v) is 5.36. The van der Waals surface area contributed by atoms with Crippen molar-refractivity contribution in [3.05, 3.63) is 0 Å². The van der Waals surface area contributed by atoms with Gasteiger partial charge in [-0.25, -0.2) is 8.42 Å². The smallest absolute Gasteiger partial charge is 0.236 e. The summed E-state index contributed by atoms with van der Waals surface area (Å²) in [5.41, 5.74) is 0. The molecule has 0 saturated heterocycles. The maximum absolute atomic E-state index is 11.8. The van der Waals surface area contributed by atoms with Gasteiger partial charge in [-0.05, 0) is 26.2 Å². The van der Waals surface area contributed by atoms with Gasteiger partial charge in [0.1, 0.15) is 9.84 Å². The van der Waals surface area contributed by atoms with E-state index in [4.69, 9.17) is 4.74 Å². The van der Waals surface area contributed by atoms with Crippen molar-refractivity contribution in [1.29, 1.82) is 0 Å². The van der Waals surface area contributed by atoms with Gasteiger partial charge in [0.2, 0.25) is 5.91 Å². The van der Waals surface area contributed by atoms with Crippen LogP contribution in [0.5, 0.6) is 0 Å². The van der Waals surface area contributed by atoms with E-state index in [0.29, 0.717) is 19.6 Å². The van der Waals surface area contributed by atoms with Gasteiger partial charge in [-0.1, -0.05) is 6.42 Å². The molecule has 1 saturated carbocycles. The molecule has 0 spiro atoms. The summed E-state index contributed by atoms with van der Waals surface area (Å²) in [6.07, 6.45) is 4.41. The second-order valence-electron chi connectivity index (χ2n) is 5.49. The molecule has 0 aromatic heterocycles. The van der Waals surface area contributed by atoms with Crippen LogP contribution < -0.4 is 10.6 Å². The quantitative estimate of drug-likeness (QED) is 0.651. The summed E-state index contributed by atoms with van der Waals surface area (Å²) in [5.74, 6) is -0.0801. The van der Waals surface area contributed by atoms with Crippen molar-refractivity contribution in [1.82, 2.24) is 10.6 Å². The van der Waals surface area contributed by atoms with E-state index in [9.17, 15) is 13.2 Å². The molecule has 1 rings (SSSR count). The molecule has 0 aromatic carbocycles. The van der Waals surface area contributed by atoms with Gasteiger partial charge >= 0.3 is 0 Å². The molecule has 1 fully saturated rings. The molecular formula is C13H26N2O4S. The van der Waals surface area contributed by atoms with E-state index in [1.807, 2.05) is 0 Å². The predicted octanol–water partition coefficient (Wildman–Crippen LogP) is 0.0829. The molecule has 6 nitrogen and oxygen atoms in total. The van der Waals surface area contributed by atoms with Crippen molar-refractivity contribution in [2.24, 2.45) is 0 Å². The van der Waals surface area contributed by atoms with E-state index in [2.05, 4.69) is 10.6 Å². The van der Waals surface area contributed by atoms with E-state index in [1.165, 1.54) is 6.26 Å². The van der Waals surface area contributed by atoms with Crippen LogP contribution in [0.4, 0.5) is 0 Å². The van der Waals surface area contributed by atoms with Gasteiger partial charge < -0.3 is 15.4 Å². The lowest BCUT2D eigenvalue weighted by atomic mass is 9.94. The highest BCUT2D eigenvalue weighted by molar-refractivity contribution is 7.91. The average molecular weight is 306 g/mol. The Morgan fingerprint density at radius 3 is 2.70 bits per heavy atom. The second kappa shape index (κ2) is 7.95. The first-order chi connectivity index (χ1) is 9.34. The molecule has 0 radical (unpaired) electrons. The van der Waals surface area contributed by atoms with Crippen molar-refractivity contribution in [2.75, 3.05) is 26.5 Å². The maximum Gasteiger partial charge on any atom is 0.236 e. The van der Waals surface area contributed by atoms with Crippen LogP contribution in [0.2, 0.25) is 0 Å². The predicted molar refractivity (Wildman–Crippen MR) is 78.4 cm³/mol. The Morgan fingerprint density at radius 1 is 1.40 bits per heavy atom. The van der Waals surface area contributed by atoms with E-state index in [-0.39, 0.29) is 23.2 Å². The van der Waals surface area contributed by atoms with Crippen molar-refractivity contribution in [3.63, 3.8) is 0 Å². The van der Waals surface area contributed by atoms with Crippen LogP contribution in [-0.2, 0) is 19.4 Å². The molecule has 0 bridgehead atoms. The zero-order chi connectivity index (χ0) is 15.2. The molecule has 3 atom stereocenters. The fraction of sp³-hybridized carbons (Fsp3) is 0.923. The third kappa shape index (κ3) is 5.76. The fourth-order valence-corrected chi connectivity index (χ4v) is 3.72. The minimum absolute atomic E-state index is 0.0801. The number of carbonyl (C=O) groups excluding carboxylic acids is 1. The van der Waals surface area contributed by atoms with Crippen LogP contribution in [0.25, 0.3) is 0 Å². The summed E-state index contributed by atoms with van der Waals surface area (Å²) in [6, 6.07) is -0.234. The van der Waals surface area contributed by atoms with Crippen molar-refractivity contribution in [2.45, 2.75) is 49.9 Å². The highest BCUT2D eigenvalue weighted by atomic mass is 32.2. The Morgan fingerprint density at radius 2 is 2.10 bits per heavy atom. The lowest BCUT2D eigenvalue weighted by Gasteiger charge is -2.30. The molecule has 2 N–H and O–H groups in total. The third-order valence-electron chi connectivity index (χ3n) is 3.72. The molecule has 0 aliphatic heterocycles. The minimum Gasteiger partial charge on any atom is -0.383 e. The molecule has 7 heteroatoms. The van der Waals surface area contributed by atoms with Gasteiger partial charge in [-0.2, -0.15) is 0 Å². The summed E-state index contributed by atoms with van der Waals surface area (Å²) < 4.78 is 28.1. The zero-order valence-electron chi connectivity index (χ0n) is 12.5. The van der Waals surface area contributed by atoms with Gasteiger partial charge in [0.25, 0.3) is 0 Å². The first kappa shape index (κ1) is 17.4. The minimum atomic E-state index is -2.99. The molecule has 1 aliphatic rings. The topological polar surface area (TPSA) is 84.5 Å². The Labute approximate surface area is 121 Å². The molecule has 1 amide bonds. The molecule has 118 valence electrons. The first-order valence-electron chi connectivity index (χ1n) is 7.06. The lowest BCUT2D eigenvalue weighted by molar-refractivity contribution is -0.123. The number of rotatable bonds is 7. The SMILES string of the molecule is COCCNC(=O)C(C)NC1CCCC(S(C)(=O)=O)C1. The van der Waals surface area contributed by atoms with Crippen LogP contribution in [0.1, 0.15) is 32.6 Å². The molecular weight excluding hydrogens is 280 g/mol. The molecule has 1 aliphatic carbocycles. The number of ether oxygens (including phenoxy) is 1. The Balaban J connectivity index is 2.41. The summed E-state index contributed by atoms with van der Waals surface area (Å²) in [4.78, 5) is 11.8. The Bertz CT molecular complexity index is 411. The number of hydrogen-bond donors (Lipinski definition) is 2. The number of hydrogen-bond acceptors (Lipinski definition) is 5. The number of sulfone groups is 1. The van der Waals surface area contributed by atoms with Gasteiger partial charge in [0, 0.05) is 26.0 Å². The standard InChI is InChI=1S/C13H26N2O4S/c1-10(13(16)14-7-8-19-2)15-11-5-4-6-12(9-11)20(3,17)18/h10-12,15H,4-9H2,1-3H3,(H,14,16). The van der Waals surface area contributed by atoms with Gasteiger partial charge in [-0.15, -0.1) is 0 Å². The first-order valence-corrected chi connectivity index (χ1v) is 9.01. The lowest BCUT2D eigenvalue weighted by Crippen LogP contribution is -2.49. The fourth-order valence-electron chi connectivity index (χ4n) is 2.54. The van der Waals surface area contributed by atoms with Crippen LogP contribution >= 0.6 is 0 Å². The van der Waals surface area contributed by atoms with Crippen LogP contribution in [0.3, 0.4) is 0 Å². The number of amides is 1. The zero-order valence-corrected chi connectivity index (χ0v) is 13.3. The number of methoxy groups -OCH3 is 1. The van der Waals surface area contributed by atoms with Crippen molar-refractivity contribution in [3.8, 4) is 0 Å². The van der Waals surface area contributed by atoms with Gasteiger partial charge in [0.15, 0.2) is 0 Å². The highest BCUT2D eigenvalue weighted by Crippen LogP contribution is 2.24. The summed E-state index contributed by atoms with van der Waals surface area (Å²) in [6.45, 7) is 2.77. The van der Waals surface area contributed by atoms with Gasteiger partial charge in [-0.3, -0.25) is 4.79 Å². The monoisotopic (exact) mass is 306 g/mol. The second-order valence-corrected chi connectivity index (χ2v) is 7.81. The summed E-state index contributed by atoms with van der Waals surface area (Å²) >= 11 is 0.